The quantitative estimate of drug-likeness (QED) is 0.392. The van der Waals surface area contributed by atoms with Crippen molar-refractivity contribution in [1.29, 1.82) is 5.26 Å². The van der Waals surface area contributed by atoms with Gasteiger partial charge in [-0.2, -0.15) is 18.4 Å². The summed E-state index contributed by atoms with van der Waals surface area (Å²) in [5, 5.41) is 12.7. The summed E-state index contributed by atoms with van der Waals surface area (Å²) >= 11 is 0. The number of carbonyl (C=O) groups is 1. The minimum absolute atomic E-state index is 0.0996. The maximum Gasteiger partial charge on any atom is 0.433 e. The number of hydrogen-bond donors (Lipinski definition) is 1. The number of aromatic nitrogens is 2. The van der Waals surface area contributed by atoms with E-state index >= 15 is 0 Å². The van der Waals surface area contributed by atoms with E-state index in [1.54, 1.807) is 18.2 Å². The number of amides is 1. The molecule has 1 saturated carbocycles. The number of halogens is 3. The number of pyridine rings is 2. The van der Waals surface area contributed by atoms with Gasteiger partial charge in [-0.15, -0.1) is 0 Å². The molecule has 34 heavy (non-hydrogen) atoms. The molecule has 1 N–H and O–H groups in total. The highest BCUT2D eigenvalue weighted by molar-refractivity contribution is 6.02. The summed E-state index contributed by atoms with van der Waals surface area (Å²) in [6.07, 6.45) is 1.48. The monoisotopic (exact) mass is 462 g/mol. The predicted molar refractivity (Wildman–Crippen MR) is 121 cm³/mol. The molecular weight excluding hydrogens is 441 g/mol. The van der Waals surface area contributed by atoms with Gasteiger partial charge in [0.2, 0.25) is 0 Å². The van der Waals surface area contributed by atoms with Gasteiger partial charge in [-0.3, -0.25) is 9.78 Å². The number of rotatable bonds is 5. The number of hydrogen-bond acceptors (Lipinski definition) is 4. The van der Waals surface area contributed by atoms with E-state index in [1.165, 1.54) is 12.1 Å². The molecule has 5 nitrogen and oxygen atoms in total. The maximum atomic E-state index is 13.1. The second kappa shape index (κ2) is 9.48. The van der Waals surface area contributed by atoms with Crippen LogP contribution in [0.3, 0.4) is 0 Å². The molecule has 172 valence electrons. The van der Waals surface area contributed by atoms with E-state index in [4.69, 9.17) is 0 Å². The van der Waals surface area contributed by atoms with Crippen molar-refractivity contribution in [2.75, 3.05) is 0 Å². The van der Waals surface area contributed by atoms with Crippen molar-refractivity contribution < 1.29 is 18.0 Å². The molecule has 2 aromatic heterocycles. The lowest BCUT2D eigenvalue weighted by Gasteiger charge is -2.31. The summed E-state index contributed by atoms with van der Waals surface area (Å²) in [7, 11) is 0. The van der Waals surface area contributed by atoms with Gasteiger partial charge in [0.15, 0.2) is 0 Å². The molecule has 0 atom stereocenters. The normalized spacial score (nSPS) is 15.5. The van der Waals surface area contributed by atoms with Crippen LogP contribution >= 0.6 is 0 Å². The molecule has 4 rings (SSSR count). The van der Waals surface area contributed by atoms with E-state index in [1.807, 2.05) is 36.4 Å². The Morgan fingerprint density at radius 3 is 2.38 bits per heavy atom. The summed E-state index contributed by atoms with van der Waals surface area (Å²) in [6, 6.07) is 18.7. The van der Waals surface area contributed by atoms with Gasteiger partial charge in [-0.05, 0) is 48.7 Å². The average molecular weight is 462 g/mol. The van der Waals surface area contributed by atoms with Crippen molar-refractivity contribution in [3.63, 3.8) is 0 Å². The number of nitrogens with one attached hydrogen (secondary N) is 1. The zero-order chi connectivity index (χ0) is 24.2. The molecule has 1 aliphatic carbocycles. The van der Waals surface area contributed by atoms with E-state index in [0.717, 1.165) is 43.5 Å². The summed E-state index contributed by atoms with van der Waals surface area (Å²) in [5.74, 6) is -0.489. The Balaban J connectivity index is 1.58. The third kappa shape index (κ3) is 4.99. The minimum atomic E-state index is -4.53. The Morgan fingerprint density at radius 1 is 1.03 bits per heavy atom. The number of benzene rings is 1. The molecule has 0 spiro atoms. The van der Waals surface area contributed by atoms with Crippen LogP contribution in [0.1, 0.15) is 42.6 Å². The highest BCUT2D eigenvalue weighted by Gasteiger charge is 2.37. The number of nitriles is 1. The standard InChI is InChI=1S/C26H21F3N4O/c27-26(28,29)23-12-11-18(17-31-23)22-10-6-9-21(32-22)15-19(16-30)24(34)33-25(13-4-5-14-25)20-7-2-1-3-8-20/h1-3,6-12,15,17H,4-5,13-14H2,(H,33,34)/b19-15+. The van der Waals surface area contributed by atoms with E-state index in [2.05, 4.69) is 15.3 Å². The molecule has 0 unspecified atom stereocenters. The molecule has 8 heteroatoms. The number of carbonyl (C=O) groups excluding carboxylic acids is 1. The van der Waals surface area contributed by atoms with Crippen LogP contribution in [0, 0.1) is 11.3 Å². The largest absolute Gasteiger partial charge is 0.433 e. The fraction of sp³-hybridized carbons (Fsp3) is 0.231. The molecule has 1 aromatic carbocycles. The molecule has 1 amide bonds. The van der Waals surface area contributed by atoms with Crippen LogP contribution < -0.4 is 5.32 Å². The van der Waals surface area contributed by atoms with Gasteiger partial charge in [-0.1, -0.05) is 49.2 Å². The Kier molecular flexibility index (Phi) is 6.46. The molecule has 1 fully saturated rings. The van der Waals surface area contributed by atoms with Crippen molar-refractivity contribution in [1.82, 2.24) is 15.3 Å². The predicted octanol–water partition coefficient (Wildman–Crippen LogP) is 5.66. The van der Waals surface area contributed by atoms with Crippen LogP contribution in [0.15, 0.2) is 72.4 Å². The first-order valence-corrected chi connectivity index (χ1v) is 10.8. The van der Waals surface area contributed by atoms with Gasteiger partial charge >= 0.3 is 6.18 Å². The van der Waals surface area contributed by atoms with Crippen molar-refractivity contribution >= 4 is 12.0 Å². The van der Waals surface area contributed by atoms with Crippen molar-refractivity contribution in [2.24, 2.45) is 0 Å². The minimum Gasteiger partial charge on any atom is -0.342 e. The second-order valence-electron chi connectivity index (χ2n) is 8.16. The van der Waals surface area contributed by atoms with Crippen LogP contribution in [0.4, 0.5) is 13.2 Å². The highest BCUT2D eigenvalue weighted by atomic mass is 19.4. The lowest BCUT2D eigenvalue weighted by atomic mass is 9.88. The molecule has 0 radical (unpaired) electrons. The SMILES string of the molecule is N#C/C(=C\c1cccc(-c2ccc(C(F)(F)F)nc2)n1)C(=O)NC1(c2ccccc2)CCCC1. The third-order valence-corrected chi connectivity index (χ3v) is 5.91. The fourth-order valence-corrected chi connectivity index (χ4v) is 4.21. The first kappa shape index (κ1) is 23.2. The van der Waals surface area contributed by atoms with E-state index < -0.39 is 23.3 Å². The number of alkyl halides is 3. The molecule has 0 bridgehead atoms. The zero-order valence-electron chi connectivity index (χ0n) is 18.1. The molecule has 0 aliphatic heterocycles. The van der Waals surface area contributed by atoms with Crippen molar-refractivity contribution in [2.45, 2.75) is 37.4 Å². The molecular formula is C26H21F3N4O. The van der Waals surface area contributed by atoms with E-state index in [9.17, 15) is 23.2 Å². The van der Waals surface area contributed by atoms with Gasteiger partial charge in [-0.25, -0.2) is 4.98 Å². The van der Waals surface area contributed by atoms with Crippen LogP contribution in [-0.2, 0) is 16.5 Å². The van der Waals surface area contributed by atoms with Gasteiger partial charge in [0.05, 0.1) is 16.9 Å². The fourth-order valence-electron chi connectivity index (χ4n) is 4.21. The summed E-state index contributed by atoms with van der Waals surface area (Å²) in [4.78, 5) is 20.9. The summed E-state index contributed by atoms with van der Waals surface area (Å²) in [6.45, 7) is 0. The molecule has 2 heterocycles. The maximum absolute atomic E-state index is 13.1. The van der Waals surface area contributed by atoms with Crippen LogP contribution in [-0.4, -0.2) is 15.9 Å². The Morgan fingerprint density at radius 2 is 1.76 bits per heavy atom. The second-order valence-corrected chi connectivity index (χ2v) is 8.16. The molecule has 1 aliphatic rings. The first-order valence-electron chi connectivity index (χ1n) is 10.8. The topological polar surface area (TPSA) is 78.7 Å². The summed E-state index contributed by atoms with van der Waals surface area (Å²) < 4.78 is 38.3. The highest BCUT2D eigenvalue weighted by Crippen LogP contribution is 2.39. The lowest BCUT2D eigenvalue weighted by Crippen LogP contribution is -2.44. The molecule has 0 saturated heterocycles. The summed E-state index contributed by atoms with van der Waals surface area (Å²) in [5.41, 5.74) is 0.504. The zero-order valence-corrected chi connectivity index (χ0v) is 18.1. The molecule has 3 aromatic rings. The van der Waals surface area contributed by atoms with Crippen LogP contribution in [0.5, 0.6) is 0 Å². The van der Waals surface area contributed by atoms with Crippen LogP contribution in [0.25, 0.3) is 17.3 Å². The van der Waals surface area contributed by atoms with E-state index in [0.29, 0.717) is 17.0 Å². The Labute approximate surface area is 195 Å². The van der Waals surface area contributed by atoms with Crippen LogP contribution in [0.2, 0.25) is 0 Å². The van der Waals surface area contributed by atoms with Gasteiger partial charge in [0.1, 0.15) is 17.3 Å². The number of nitrogens with zero attached hydrogens (tertiary/aromatic N) is 3. The van der Waals surface area contributed by atoms with Crippen molar-refractivity contribution in [3.8, 4) is 17.3 Å². The first-order chi connectivity index (χ1) is 16.3. The van der Waals surface area contributed by atoms with Gasteiger partial charge in [0, 0.05) is 11.8 Å². The third-order valence-electron chi connectivity index (χ3n) is 5.91. The van der Waals surface area contributed by atoms with Gasteiger partial charge < -0.3 is 5.32 Å². The lowest BCUT2D eigenvalue weighted by molar-refractivity contribution is -0.141. The Bertz CT molecular complexity index is 1240. The Hall–Kier alpha value is -3.99. The van der Waals surface area contributed by atoms with Crippen molar-refractivity contribution in [3.05, 3.63) is 89.4 Å². The van der Waals surface area contributed by atoms with Gasteiger partial charge in [0.25, 0.3) is 5.91 Å². The van der Waals surface area contributed by atoms with E-state index in [-0.39, 0.29) is 5.57 Å². The average Bonchev–Trinajstić information content (AvgIpc) is 3.32. The smallest absolute Gasteiger partial charge is 0.342 e.